The van der Waals surface area contributed by atoms with Crippen LogP contribution >= 0.6 is 31.9 Å². The molecule has 84 valence electrons. The van der Waals surface area contributed by atoms with Crippen LogP contribution in [0.1, 0.15) is 5.56 Å². The van der Waals surface area contributed by atoms with Crippen molar-refractivity contribution in [2.45, 2.75) is 0 Å². The smallest absolute Gasteiger partial charge is 0.144 e. The standard InChI is InChI=1S/C13H8Br2N2/c1-2-9-4-3-5-11(6-9)17-13-12(15)7-10(14)8-16-13/h1,3-8H,(H,16,17). The van der Waals surface area contributed by atoms with Gasteiger partial charge in [-0.1, -0.05) is 12.0 Å². The summed E-state index contributed by atoms with van der Waals surface area (Å²) in [5.74, 6) is 3.35. The first-order valence-corrected chi connectivity index (χ1v) is 6.42. The molecule has 0 fully saturated rings. The lowest BCUT2D eigenvalue weighted by Gasteiger charge is -2.08. The van der Waals surface area contributed by atoms with Crippen LogP contribution in [0.15, 0.2) is 45.5 Å². The molecule has 0 saturated heterocycles. The van der Waals surface area contributed by atoms with E-state index in [1.165, 1.54) is 0 Å². The average Bonchev–Trinajstić information content (AvgIpc) is 2.33. The molecule has 0 radical (unpaired) electrons. The van der Waals surface area contributed by atoms with E-state index in [1.807, 2.05) is 30.3 Å². The highest BCUT2D eigenvalue weighted by molar-refractivity contribution is 9.11. The van der Waals surface area contributed by atoms with Crippen molar-refractivity contribution in [2.75, 3.05) is 5.32 Å². The second kappa shape index (κ2) is 5.35. The fourth-order valence-electron chi connectivity index (χ4n) is 1.33. The molecule has 0 bridgehead atoms. The van der Waals surface area contributed by atoms with Gasteiger partial charge >= 0.3 is 0 Å². The van der Waals surface area contributed by atoms with E-state index >= 15 is 0 Å². The summed E-state index contributed by atoms with van der Waals surface area (Å²) in [4.78, 5) is 4.27. The molecule has 2 nitrogen and oxygen atoms in total. The topological polar surface area (TPSA) is 24.9 Å². The number of anilines is 2. The Hall–Kier alpha value is -1.31. The summed E-state index contributed by atoms with van der Waals surface area (Å²) in [5, 5.41) is 3.20. The predicted molar refractivity (Wildman–Crippen MR) is 77.3 cm³/mol. The number of rotatable bonds is 2. The van der Waals surface area contributed by atoms with Gasteiger partial charge in [0.05, 0.1) is 4.47 Å². The molecule has 0 aliphatic rings. The van der Waals surface area contributed by atoms with Gasteiger partial charge in [-0.25, -0.2) is 4.98 Å². The minimum atomic E-state index is 0.752. The largest absolute Gasteiger partial charge is 0.339 e. The third-order valence-corrected chi connectivity index (χ3v) is 3.14. The van der Waals surface area contributed by atoms with Gasteiger partial charge in [-0.2, -0.15) is 0 Å². The van der Waals surface area contributed by atoms with Crippen LogP contribution in [0.3, 0.4) is 0 Å². The molecule has 0 aliphatic carbocycles. The fraction of sp³-hybridized carbons (Fsp3) is 0. The first-order valence-electron chi connectivity index (χ1n) is 4.84. The lowest BCUT2D eigenvalue weighted by atomic mass is 10.2. The van der Waals surface area contributed by atoms with Gasteiger partial charge in [0.1, 0.15) is 5.82 Å². The third-order valence-electron chi connectivity index (χ3n) is 2.10. The minimum Gasteiger partial charge on any atom is -0.339 e. The molecule has 17 heavy (non-hydrogen) atoms. The number of aromatic nitrogens is 1. The van der Waals surface area contributed by atoms with E-state index in [1.54, 1.807) is 6.20 Å². The van der Waals surface area contributed by atoms with Gasteiger partial charge in [0.2, 0.25) is 0 Å². The highest BCUT2D eigenvalue weighted by Gasteiger charge is 2.02. The summed E-state index contributed by atoms with van der Waals surface area (Å²) in [7, 11) is 0. The molecule has 0 amide bonds. The van der Waals surface area contributed by atoms with Crippen LogP contribution < -0.4 is 5.32 Å². The van der Waals surface area contributed by atoms with Crippen molar-refractivity contribution in [2.24, 2.45) is 0 Å². The Morgan fingerprint density at radius 2 is 2.06 bits per heavy atom. The third kappa shape index (κ3) is 3.09. The van der Waals surface area contributed by atoms with E-state index in [0.29, 0.717) is 0 Å². The van der Waals surface area contributed by atoms with Crippen LogP contribution in [0.5, 0.6) is 0 Å². The number of benzene rings is 1. The molecule has 2 aromatic rings. The first-order chi connectivity index (χ1) is 8.19. The number of nitrogens with zero attached hydrogens (tertiary/aromatic N) is 1. The van der Waals surface area contributed by atoms with Gasteiger partial charge in [-0.3, -0.25) is 0 Å². The molecule has 0 unspecified atom stereocenters. The molecule has 0 atom stereocenters. The van der Waals surface area contributed by atoms with Crippen molar-refractivity contribution in [3.05, 3.63) is 51.0 Å². The Morgan fingerprint density at radius 3 is 2.76 bits per heavy atom. The van der Waals surface area contributed by atoms with Gasteiger partial charge in [-0.15, -0.1) is 6.42 Å². The van der Waals surface area contributed by atoms with Crippen LogP contribution in [0.2, 0.25) is 0 Å². The predicted octanol–water partition coefficient (Wildman–Crippen LogP) is 4.33. The van der Waals surface area contributed by atoms with Gasteiger partial charge in [-0.05, 0) is 56.1 Å². The van der Waals surface area contributed by atoms with E-state index in [4.69, 9.17) is 6.42 Å². The van der Waals surface area contributed by atoms with Crippen molar-refractivity contribution in [3.63, 3.8) is 0 Å². The number of hydrogen-bond acceptors (Lipinski definition) is 2. The van der Waals surface area contributed by atoms with Gasteiger partial charge in [0.15, 0.2) is 0 Å². The molecular formula is C13H8Br2N2. The molecule has 0 aliphatic heterocycles. The molecule has 1 aromatic heterocycles. The van der Waals surface area contributed by atoms with Gasteiger partial charge < -0.3 is 5.32 Å². The second-order valence-electron chi connectivity index (χ2n) is 3.33. The lowest BCUT2D eigenvalue weighted by molar-refractivity contribution is 1.27. The van der Waals surface area contributed by atoms with Crippen LogP contribution in [0.4, 0.5) is 11.5 Å². The SMILES string of the molecule is C#Cc1cccc(Nc2ncc(Br)cc2Br)c1. The maximum atomic E-state index is 5.35. The zero-order valence-corrected chi connectivity index (χ0v) is 11.9. The van der Waals surface area contributed by atoms with Crippen molar-refractivity contribution in [3.8, 4) is 12.3 Å². The monoisotopic (exact) mass is 350 g/mol. The molecule has 2 rings (SSSR count). The summed E-state index contributed by atoms with van der Waals surface area (Å²) < 4.78 is 1.81. The number of hydrogen-bond donors (Lipinski definition) is 1. The fourth-order valence-corrected chi connectivity index (χ4v) is 2.42. The zero-order valence-electron chi connectivity index (χ0n) is 8.74. The molecule has 1 heterocycles. The Kier molecular flexibility index (Phi) is 3.82. The summed E-state index contributed by atoms with van der Waals surface area (Å²) in [6.45, 7) is 0. The van der Waals surface area contributed by atoms with Crippen molar-refractivity contribution in [1.82, 2.24) is 4.98 Å². The summed E-state index contributed by atoms with van der Waals surface area (Å²) in [6.07, 6.45) is 7.09. The van der Waals surface area contributed by atoms with E-state index in [0.717, 1.165) is 26.0 Å². The van der Waals surface area contributed by atoms with E-state index < -0.39 is 0 Å². The van der Waals surface area contributed by atoms with Crippen molar-refractivity contribution < 1.29 is 0 Å². The van der Waals surface area contributed by atoms with E-state index in [-0.39, 0.29) is 0 Å². The van der Waals surface area contributed by atoms with Crippen LogP contribution in [-0.4, -0.2) is 4.98 Å². The summed E-state index contributed by atoms with van der Waals surface area (Å²) in [5.41, 5.74) is 1.75. The zero-order chi connectivity index (χ0) is 12.3. The number of halogens is 2. The van der Waals surface area contributed by atoms with Crippen LogP contribution in [0, 0.1) is 12.3 Å². The quantitative estimate of drug-likeness (QED) is 0.814. The Balaban J connectivity index is 2.28. The highest BCUT2D eigenvalue weighted by Crippen LogP contribution is 2.26. The van der Waals surface area contributed by atoms with Crippen LogP contribution in [-0.2, 0) is 0 Å². The summed E-state index contributed by atoms with van der Waals surface area (Å²) >= 11 is 6.80. The van der Waals surface area contributed by atoms with Crippen LogP contribution in [0.25, 0.3) is 0 Å². The summed E-state index contributed by atoms with van der Waals surface area (Å²) in [6, 6.07) is 9.56. The average molecular weight is 352 g/mol. The Morgan fingerprint density at radius 1 is 1.24 bits per heavy atom. The van der Waals surface area contributed by atoms with Gasteiger partial charge in [0.25, 0.3) is 0 Å². The van der Waals surface area contributed by atoms with Gasteiger partial charge in [0, 0.05) is 21.9 Å². The molecule has 0 spiro atoms. The van der Waals surface area contributed by atoms with E-state index in [9.17, 15) is 0 Å². The lowest BCUT2D eigenvalue weighted by Crippen LogP contribution is -1.94. The first kappa shape index (κ1) is 12.2. The molecule has 1 aromatic carbocycles. The van der Waals surface area contributed by atoms with E-state index in [2.05, 4.69) is 48.1 Å². The number of nitrogens with one attached hydrogen (secondary N) is 1. The molecule has 1 N–H and O–H groups in total. The molecular weight excluding hydrogens is 344 g/mol. The normalized spacial score (nSPS) is 9.71. The molecule has 4 heteroatoms. The maximum Gasteiger partial charge on any atom is 0.144 e. The Bertz CT molecular complexity index is 588. The number of pyridine rings is 1. The maximum absolute atomic E-state index is 5.35. The van der Waals surface area contributed by atoms with Crippen molar-refractivity contribution in [1.29, 1.82) is 0 Å². The van der Waals surface area contributed by atoms with Crippen molar-refractivity contribution >= 4 is 43.4 Å². The minimum absolute atomic E-state index is 0.752. The number of terminal acetylenes is 1. The molecule has 0 saturated carbocycles. The highest BCUT2D eigenvalue weighted by atomic mass is 79.9. The second-order valence-corrected chi connectivity index (χ2v) is 5.10. The Labute approximate surface area is 117 Å².